The third kappa shape index (κ3) is 1.82. The van der Waals surface area contributed by atoms with Gasteiger partial charge in [0.1, 0.15) is 0 Å². The highest BCUT2D eigenvalue weighted by Gasteiger charge is 2.02. The fraction of sp³-hybridized carbons (Fsp3) is 0.400. The van der Waals surface area contributed by atoms with Crippen LogP contribution in [0, 0.1) is 0 Å². The number of rotatable bonds is 3. The second-order valence-electron chi connectivity index (χ2n) is 2.03. The van der Waals surface area contributed by atoms with Crippen LogP contribution in [0.3, 0.4) is 0 Å². The maximum absolute atomic E-state index is 10.5. The Kier molecular flexibility index (Phi) is 2.29. The second kappa shape index (κ2) is 3.22. The van der Waals surface area contributed by atoms with Gasteiger partial charge in [-0.25, -0.2) is 15.8 Å². The van der Waals surface area contributed by atoms with Crippen LogP contribution in [0.2, 0.25) is 0 Å². The molecular weight excluding hydrogens is 148 g/mol. The van der Waals surface area contributed by atoms with Crippen LogP contribution in [0.4, 0.5) is 5.82 Å². The Labute approximate surface area is 62.7 Å². The van der Waals surface area contributed by atoms with Crippen LogP contribution in [0.5, 0.6) is 0 Å². The molecule has 0 unspecified atom stereocenters. The molecule has 62 valence electrons. The van der Waals surface area contributed by atoms with E-state index in [1.54, 1.807) is 0 Å². The number of hydrazine groups is 1. The van der Waals surface area contributed by atoms with Crippen LogP contribution in [0.1, 0.15) is 0 Å². The Morgan fingerprint density at radius 1 is 1.73 bits per heavy atom. The van der Waals surface area contributed by atoms with E-state index < -0.39 is 5.63 Å². The van der Waals surface area contributed by atoms with Crippen molar-refractivity contribution in [3.8, 4) is 0 Å². The van der Waals surface area contributed by atoms with Gasteiger partial charge in [-0.1, -0.05) is 0 Å². The highest BCUT2D eigenvalue weighted by molar-refractivity contribution is 5.32. The summed E-state index contributed by atoms with van der Waals surface area (Å²) in [6.45, 7) is 0.888. The molecule has 0 amide bonds. The van der Waals surface area contributed by atoms with Crippen molar-refractivity contribution in [3.05, 3.63) is 16.5 Å². The Bertz CT molecular complexity index is 265. The first-order valence-electron chi connectivity index (χ1n) is 3.15. The van der Waals surface area contributed by atoms with E-state index in [9.17, 15) is 4.79 Å². The van der Waals surface area contributed by atoms with Gasteiger partial charge < -0.3 is 10.3 Å². The van der Waals surface area contributed by atoms with E-state index in [1.165, 1.54) is 11.1 Å². The molecule has 6 nitrogen and oxygen atoms in total. The summed E-state index contributed by atoms with van der Waals surface area (Å²) < 4.78 is 4.39. The summed E-state index contributed by atoms with van der Waals surface area (Å²) in [5.74, 6) is 5.87. The minimum absolute atomic E-state index is 0.420. The first-order chi connectivity index (χ1) is 5.24. The molecule has 1 aromatic heterocycles. The van der Waals surface area contributed by atoms with E-state index >= 15 is 0 Å². The quantitative estimate of drug-likeness (QED) is 0.371. The average molecular weight is 158 g/mol. The molecule has 1 rings (SSSR count). The predicted molar refractivity (Wildman–Crippen MR) is 39.9 cm³/mol. The first-order valence-corrected chi connectivity index (χ1v) is 3.15. The minimum atomic E-state index is -0.451. The van der Waals surface area contributed by atoms with E-state index in [4.69, 9.17) is 11.6 Å². The molecule has 1 heterocycles. The second-order valence-corrected chi connectivity index (χ2v) is 2.03. The van der Waals surface area contributed by atoms with Gasteiger partial charge in [0.05, 0.1) is 6.07 Å². The molecular formula is C5H10N4O2. The van der Waals surface area contributed by atoms with Gasteiger partial charge in [0.2, 0.25) is 0 Å². The Hall–Kier alpha value is -1.27. The van der Waals surface area contributed by atoms with E-state index in [0.29, 0.717) is 18.9 Å². The summed E-state index contributed by atoms with van der Waals surface area (Å²) in [5, 5.41) is 3.66. The topological polar surface area (TPSA) is 101 Å². The highest BCUT2D eigenvalue weighted by atomic mass is 16.5. The number of nitrogens with one attached hydrogen (secondary N) is 1. The van der Waals surface area contributed by atoms with Crippen LogP contribution in [-0.4, -0.2) is 18.2 Å². The van der Waals surface area contributed by atoms with Crippen molar-refractivity contribution in [3.63, 3.8) is 0 Å². The van der Waals surface area contributed by atoms with E-state index in [1.807, 2.05) is 0 Å². The number of hydrogen-bond donors (Lipinski definition) is 3. The van der Waals surface area contributed by atoms with Crippen molar-refractivity contribution >= 4 is 5.82 Å². The molecule has 0 fully saturated rings. The molecule has 0 atom stereocenters. The fourth-order valence-electron chi connectivity index (χ4n) is 0.674. The van der Waals surface area contributed by atoms with Gasteiger partial charge in [-0.05, 0) is 0 Å². The third-order valence-electron chi connectivity index (χ3n) is 1.19. The largest absolute Gasteiger partial charge is 0.359 e. The lowest BCUT2D eigenvalue weighted by Crippen LogP contribution is -2.35. The smallest absolute Gasteiger partial charge is 0.337 e. The maximum atomic E-state index is 10.5. The molecule has 1 aromatic rings. The van der Waals surface area contributed by atoms with Crippen LogP contribution in [0.25, 0.3) is 0 Å². The SMILES string of the molecule is NCCN(N)c1cc(=O)o[nH]1. The van der Waals surface area contributed by atoms with Crippen molar-refractivity contribution in [1.29, 1.82) is 0 Å². The van der Waals surface area contributed by atoms with E-state index in [2.05, 4.69) is 9.68 Å². The van der Waals surface area contributed by atoms with Crippen molar-refractivity contribution < 1.29 is 4.52 Å². The molecule has 0 saturated heterocycles. The molecule has 5 N–H and O–H groups in total. The molecule has 0 aliphatic carbocycles. The van der Waals surface area contributed by atoms with Crippen molar-refractivity contribution in [2.24, 2.45) is 11.6 Å². The molecule has 0 aliphatic rings. The number of anilines is 1. The molecule has 0 spiro atoms. The number of aromatic nitrogens is 1. The minimum Gasteiger partial charge on any atom is -0.337 e. The zero-order valence-corrected chi connectivity index (χ0v) is 5.91. The van der Waals surface area contributed by atoms with Gasteiger partial charge in [-0.3, -0.25) is 5.01 Å². The standard InChI is InChI=1S/C5H10N4O2/c6-1-2-9(7)4-3-5(10)11-8-4/h3,8H,1-2,6-7H2. The molecule has 6 heteroatoms. The van der Waals surface area contributed by atoms with Crippen molar-refractivity contribution in [2.75, 3.05) is 18.1 Å². The van der Waals surface area contributed by atoms with Crippen LogP contribution in [0.15, 0.2) is 15.4 Å². The zero-order chi connectivity index (χ0) is 8.27. The highest BCUT2D eigenvalue weighted by Crippen LogP contribution is 1.99. The predicted octanol–water partition coefficient (Wildman–Crippen LogP) is -1.39. The average Bonchev–Trinajstić information content (AvgIpc) is 2.36. The number of H-pyrrole nitrogens is 1. The summed E-state index contributed by atoms with van der Waals surface area (Å²) in [5.41, 5.74) is 4.78. The van der Waals surface area contributed by atoms with Gasteiger partial charge in [0.15, 0.2) is 5.82 Å². The van der Waals surface area contributed by atoms with Crippen molar-refractivity contribution in [2.45, 2.75) is 0 Å². The summed E-state index contributed by atoms with van der Waals surface area (Å²) in [4.78, 5) is 10.5. The number of nitrogens with zero attached hydrogens (tertiary/aromatic N) is 1. The molecule has 0 bridgehead atoms. The number of hydrogen-bond acceptors (Lipinski definition) is 5. The lowest BCUT2D eigenvalue weighted by Gasteiger charge is -2.12. The van der Waals surface area contributed by atoms with Gasteiger partial charge in [0.25, 0.3) is 0 Å². The monoisotopic (exact) mass is 158 g/mol. The molecule has 0 saturated carbocycles. The van der Waals surface area contributed by atoms with Gasteiger partial charge in [0, 0.05) is 13.1 Å². The van der Waals surface area contributed by atoms with Gasteiger partial charge in [-0.15, -0.1) is 0 Å². The summed E-state index contributed by atoms with van der Waals surface area (Å²) >= 11 is 0. The Balaban J connectivity index is 2.68. The van der Waals surface area contributed by atoms with Crippen molar-refractivity contribution in [1.82, 2.24) is 5.16 Å². The molecule has 0 radical (unpaired) electrons. The Morgan fingerprint density at radius 2 is 2.45 bits per heavy atom. The summed E-state index contributed by atoms with van der Waals surface area (Å²) in [7, 11) is 0. The van der Waals surface area contributed by atoms with E-state index in [-0.39, 0.29) is 0 Å². The zero-order valence-electron chi connectivity index (χ0n) is 5.91. The Morgan fingerprint density at radius 3 is 2.91 bits per heavy atom. The van der Waals surface area contributed by atoms with Crippen LogP contribution < -0.4 is 22.2 Å². The lowest BCUT2D eigenvalue weighted by molar-refractivity contribution is 0.391. The number of aromatic amines is 1. The lowest BCUT2D eigenvalue weighted by atomic mass is 10.5. The normalized spacial score (nSPS) is 10.0. The molecule has 0 aromatic carbocycles. The maximum Gasteiger partial charge on any atom is 0.359 e. The third-order valence-corrected chi connectivity index (χ3v) is 1.19. The summed E-state index contributed by atoms with van der Waals surface area (Å²) in [6, 6.07) is 1.26. The molecule has 0 aliphatic heterocycles. The number of nitrogens with two attached hydrogens (primary N) is 2. The summed E-state index contributed by atoms with van der Waals surface area (Å²) in [6.07, 6.45) is 0. The first kappa shape index (κ1) is 7.83. The van der Waals surface area contributed by atoms with Gasteiger partial charge in [-0.2, -0.15) is 0 Å². The van der Waals surface area contributed by atoms with Crippen LogP contribution >= 0.6 is 0 Å². The van der Waals surface area contributed by atoms with Gasteiger partial charge >= 0.3 is 5.63 Å². The molecule has 11 heavy (non-hydrogen) atoms. The fourth-order valence-corrected chi connectivity index (χ4v) is 0.674. The van der Waals surface area contributed by atoms with E-state index in [0.717, 1.165) is 0 Å². The van der Waals surface area contributed by atoms with Crippen LogP contribution in [-0.2, 0) is 0 Å².